The summed E-state index contributed by atoms with van der Waals surface area (Å²) in [5.74, 6) is 1.06. The summed E-state index contributed by atoms with van der Waals surface area (Å²) in [6.45, 7) is 2.14. The van der Waals surface area contributed by atoms with E-state index in [-0.39, 0.29) is 17.8 Å². The maximum atomic E-state index is 12.8. The molecule has 0 atom stereocenters. The predicted molar refractivity (Wildman–Crippen MR) is 105 cm³/mol. The third kappa shape index (κ3) is 3.88. The number of aliphatic imine (C=N–C) groups is 1. The van der Waals surface area contributed by atoms with Crippen molar-refractivity contribution in [2.24, 2.45) is 10.4 Å². The number of nitrogens with one attached hydrogen (secondary N) is 1. The molecule has 3 aliphatic rings. The number of guanidine groups is 1. The number of hydrogen-bond donors (Lipinski definition) is 2. The smallest absolute Gasteiger partial charge is 0.193 e. The highest BCUT2D eigenvalue weighted by atomic mass is 32.2. The number of hydrogen-bond acceptors (Lipinski definition) is 4. The molecule has 150 valence electrons. The van der Waals surface area contributed by atoms with Gasteiger partial charge in [0.2, 0.25) is 0 Å². The zero-order chi connectivity index (χ0) is 18.7. The highest BCUT2D eigenvalue weighted by Crippen LogP contribution is 2.41. The number of rotatable bonds is 4. The predicted octanol–water partition coefficient (Wildman–Crippen LogP) is 1.94. The van der Waals surface area contributed by atoms with Crippen LogP contribution in [0.2, 0.25) is 0 Å². The first-order valence-electron chi connectivity index (χ1n) is 10.2. The van der Waals surface area contributed by atoms with E-state index in [0.29, 0.717) is 13.1 Å². The van der Waals surface area contributed by atoms with Crippen molar-refractivity contribution in [3.63, 3.8) is 0 Å². The zero-order valence-corrected chi connectivity index (χ0v) is 17.0. The molecule has 0 aromatic rings. The molecule has 1 spiro atoms. The highest BCUT2D eigenvalue weighted by Gasteiger charge is 2.49. The van der Waals surface area contributed by atoms with E-state index in [1.807, 2.05) is 0 Å². The fourth-order valence-corrected chi connectivity index (χ4v) is 7.45. The van der Waals surface area contributed by atoms with Crippen molar-refractivity contribution in [1.29, 1.82) is 0 Å². The second kappa shape index (κ2) is 8.05. The lowest BCUT2D eigenvalue weighted by Gasteiger charge is -2.45. The second-order valence-electron chi connectivity index (χ2n) is 8.57. The molecule has 3 fully saturated rings. The highest BCUT2D eigenvalue weighted by molar-refractivity contribution is 7.92. The lowest BCUT2D eigenvalue weighted by atomic mass is 9.83. The minimum atomic E-state index is -3.03. The van der Waals surface area contributed by atoms with E-state index in [2.05, 4.69) is 15.2 Å². The average Bonchev–Trinajstić information content (AvgIpc) is 3.09. The van der Waals surface area contributed by atoms with E-state index in [1.165, 1.54) is 12.8 Å². The molecule has 0 amide bonds. The molecule has 0 radical (unpaired) electrons. The van der Waals surface area contributed by atoms with Crippen molar-refractivity contribution in [1.82, 2.24) is 10.2 Å². The summed E-state index contributed by atoms with van der Waals surface area (Å²) in [6, 6.07) is 0. The minimum absolute atomic E-state index is 0.162. The largest absolute Gasteiger partial charge is 0.396 e. The van der Waals surface area contributed by atoms with Crippen molar-refractivity contribution in [3.8, 4) is 0 Å². The Bertz CT molecular complexity index is 606. The molecule has 26 heavy (non-hydrogen) atoms. The van der Waals surface area contributed by atoms with Crippen LogP contribution in [0.5, 0.6) is 0 Å². The zero-order valence-electron chi connectivity index (χ0n) is 16.2. The molecule has 0 bridgehead atoms. The van der Waals surface area contributed by atoms with Crippen molar-refractivity contribution >= 4 is 15.8 Å². The van der Waals surface area contributed by atoms with Crippen LogP contribution in [0, 0.1) is 5.41 Å². The first-order chi connectivity index (χ1) is 12.5. The van der Waals surface area contributed by atoms with Crippen LogP contribution in [0.1, 0.15) is 64.2 Å². The Morgan fingerprint density at radius 1 is 1.12 bits per heavy atom. The van der Waals surface area contributed by atoms with Gasteiger partial charge in [0.15, 0.2) is 15.8 Å². The van der Waals surface area contributed by atoms with Crippen LogP contribution < -0.4 is 5.32 Å². The Labute approximate surface area is 158 Å². The summed E-state index contributed by atoms with van der Waals surface area (Å²) in [6.07, 6.45) is 10.3. The minimum Gasteiger partial charge on any atom is -0.396 e. The van der Waals surface area contributed by atoms with E-state index in [4.69, 9.17) is 0 Å². The molecule has 2 aliphatic carbocycles. The van der Waals surface area contributed by atoms with Gasteiger partial charge in [0.05, 0.1) is 10.5 Å². The molecule has 2 saturated carbocycles. The second-order valence-corrected chi connectivity index (χ2v) is 11.1. The molecule has 3 rings (SSSR count). The average molecular weight is 386 g/mol. The Morgan fingerprint density at radius 2 is 1.77 bits per heavy atom. The SMILES string of the molecule is CN=C(NCC1(CCO)CCCC1)N1CCS(=O)(=O)C2(CCCCC2)C1. The molecule has 7 heteroatoms. The number of sulfone groups is 1. The lowest BCUT2D eigenvalue weighted by molar-refractivity contribution is 0.183. The number of nitrogens with zero attached hydrogens (tertiary/aromatic N) is 2. The Hall–Kier alpha value is -0.820. The number of aliphatic hydroxyl groups excluding tert-OH is 1. The normalized spacial score (nSPS) is 27.6. The van der Waals surface area contributed by atoms with Crippen LogP contribution in [0.15, 0.2) is 4.99 Å². The Morgan fingerprint density at radius 3 is 2.38 bits per heavy atom. The molecule has 0 unspecified atom stereocenters. The third-order valence-corrected chi connectivity index (χ3v) is 9.55. The van der Waals surface area contributed by atoms with Gasteiger partial charge in [0.1, 0.15) is 0 Å². The molecule has 1 heterocycles. The van der Waals surface area contributed by atoms with Crippen molar-refractivity contribution in [2.45, 2.75) is 69.0 Å². The van der Waals surface area contributed by atoms with Gasteiger partial charge in [-0.2, -0.15) is 0 Å². The number of aliphatic hydroxyl groups is 1. The van der Waals surface area contributed by atoms with Gasteiger partial charge < -0.3 is 15.3 Å². The molecule has 1 aliphatic heterocycles. The summed E-state index contributed by atoms with van der Waals surface area (Å²) in [4.78, 5) is 6.62. The van der Waals surface area contributed by atoms with Crippen molar-refractivity contribution < 1.29 is 13.5 Å². The van der Waals surface area contributed by atoms with Gasteiger partial charge >= 0.3 is 0 Å². The molecule has 0 aromatic heterocycles. The summed E-state index contributed by atoms with van der Waals surface area (Å²) >= 11 is 0. The quantitative estimate of drug-likeness (QED) is 0.571. The van der Waals surface area contributed by atoms with Crippen LogP contribution in [-0.4, -0.2) is 68.2 Å². The van der Waals surface area contributed by atoms with Crippen LogP contribution >= 0.6 is 0 Å². The van der Waals surface area contributed by atoms with E-state index in [9.17, 15) is 13.5 Å². The topological polar surface area (TPSA) is 82.0 Å². The monoisotopic (exact) mass is 385 g/mol. The van der Waals surface area contributed by atoms with Crippen LogP contribution in [0.3, 0.4) is 0 Å². The van der Waals surface area contributed by atoms with Gasteiger partial charge in [-0.3, -0.25) is 4.99 Å². The van der Waals surface area contributed by atoms with Gasteiger partial charge in [-0.05, 0) is 37.5 Å². The third-order valence-electron chi connectivity index (χ3n) is 6.97. The maximum absolute atomic E-state index is 12.8. The van der Waals surface area contributed by atoms with Gasteiger partial charge in [-0.1, -0.05) is 32.1 Å². The molecular weight excluding hydrogens is 350 g/mol. The van der Waals surface area contributed by atoms with Gasteiger partial charge in [-0.25, -0.2) is 8.42 Å². The fourth-order valence-electron chi connectivity index (χ4n) is 5.29. The van der Waals surface area contributed by atoms with Gasteiger partial charge in [0, 0.05) is 33.3 Å². The summed E-state index contributed by atoms with van der Waals surface area (Å²) in [5.41, 5.74) is 0.162. The van der Waals surface area contributed by atoms with Crippen molar-refractivity contribution in [2.75, 3.05) is 39.0 Å². The summed E-state index contributed by atoms with van der Waals surface area (Å²) in [5, 5.41) is 13.0. The summed E-state index contributed by atoms with van der Waals surface area (Å²) < 4.78 is 25.0. The van der Waals surface area contributed by atoms with Crippen molar-refractivity contribution in [3.05, 3.63) is 0 Å². The first kappa shape index (κ1) is 19.9. The fraction of sp³-hybridized carbons (Fsp3) is 0.947. The lowest BCUT2D eigenvalue weighted by Crippen LogP contribution is -2.60. The van der Waals surface area contributed by atoms with E-state index in [0.717, 1.165) is 63.9 Å². The van der Waals surface area contributed by atoms with Crippen LogP contribution in [-0.2, 0) is 9.84 Å². The Balaban J connectivity index is 1.68. The van der Waals surface area contributed by atoms with Gasteiger partial charge in [0.25, 0.3) is 0 Å². The molecule has 0 aromatic carbocycles. The van der Waals surface area contributed by atoms with Crippen LogP contribution in [0.4, 0.5) is 0 Å². The van der Waals surface area contributed by atoms with E-state index < -0.39 is 14.6 Å². The molecular formula is C19H35N3O3S. The standard InChI is InChI=1S/C19H35N3O3S/c1-20-17(21-15-18(11-13-23)7-5-6-8-18)22-12-14-26(24,25)19(16-22)9-3-2-4-10-19/h23H,2-16H2,1H3,(H,20,21). The van der Waals surface area contributed by atoms with Crippen LogP contribution in [0.25, 0.3) is 0 Å². The molecule has 2 N–H and O–H groups in total. The molecule has 6 nitrogen and oxygen atoms in total. The summed E-state index contributed by atoms with van der Waals surface area (Å²) in [7, 11) is -1.25. The Kier molecular flexibility index (Phi) is 6.17. The van der Waals surface area contributed by atoms with E-state index >= 15 is 0 Å². The first-order valence-corrected chi connectivity index (χ1v) is 11.9. The van der Waals surface area contributed by atoms with Gasteiger partial charge in [-0.15, -0.1) is 0 Å². The maximum Gasteiger partial charge on any atom is 0.193 e. The molecule has 1 saturated heterocycles. The van der Waals surface area contributed by atoms with E-state index in [1.54, 1.807) is 7.05 Å².